The van der Waals surface area contributed by atoms with Gasteiger partial charge in [0.05, 0.1) is 18.7 Å². The number of amides is 1. The smallest absolute Gasteiger partial charge is 0.250 e. The molecule has 156 valence electrons. The number of nitrogens with one attached hydrogen (secondary N) is 1. The molecule has 0 bridgehead atoms. The summed E-state index contributed by atoms with van der Waals surface area (Å²) in [5.74, 6) is 0.994. The minimum Gasteiger partial charge on any atom is -0.493 e. The highest BCUT2D eigenvalue weighted by molar-refractivity contribution is 9.10. The third kappa shape index (κ3) is 5.81. The van der Waals surface area contributed by atoms with Gasteiger partial charge in [-0.15, -0.1) is 11.3 Å². The number of rotatable bonds is 7. The fourth-order valence-electron chi connectivity index (χ4n) is 3.38. The van der Waals surface area contributed by atoms with E-state index < -0.39 is 0 Å². The van der Waals surface area contributed by atoms with Gasteiger partial charge in [0.15, 0.2) is 16.6 Å². The lowest BCUT2D eigenvalue weighted by molar-refractivity contribution is -0.111. The molecule has 1 aliphatic rings. The molecule has 1 aliphatic heterocycles. The van der Waals surface area contributed by atoms with Gasteiger partial charge in [-0.2, -0.15) is 0 Å². The highest BCUT2D eigenvalue weighted by Gasteiger charge is 2.19. The van der Waals surface area contributed by atoms with Crippen molar-refractivity contribution in [1.29, 1.82) is 0 Å². The number of benzene rings is 1. The topological polar surface area (TPSA) is 63.7 Å². The summed E-state index contributed by atoms with van der Waals surface area (Å²) in [6.45, 7) is 4.30. The van der Waals surface area contributed by atoms with E-state index in [1.165, 1.54) is 41.6 Å². The van der Waals surface area contributed by atoms with Crippen LogP contribution in [-0.2, 0) is 11.3 Å². The Balaban J connectivity index is 1.60. The quantitative estimate of drug-likeness (QED) is 0.569. The molecule has 1 N–H and O–H groups in total. The molecule has 3 rings (SSSR count). The molecule has 0 radical (unpaired) electrons. The average Bonchev–Trinajstić information content (AvgIpc) is 3.14. The van der Waals surface area contributed by atoms with Gasteiger partial charge in [-0.05, 0) is 66.0 Å². The van der Waals surface area contributed by atoms with Crippen molar-refractivity contribution < 1.29 is 14.3 Å². The number of hydrogen-bond acceptors (Lipinski definition) is 6. The van der Waals surface area contributed by atoms with Gasteiger partial charge in [-0.25, -0.2) is 4.98 Å². The first-order valence-electron chi connectivity index (χ1n) is 9.59. The second kappa shape index (κ2) is 10.2. The molecule has 2 aromatic rings. The Morgan fingerprint density at radius 3 is 2.93 bits per heavy atom. The Morgan fingerprint density at radius 2 is 2.21 bits per heavy atom. The summed E-state index contributed by atoms with van der Waals surface area (Å²) in [5, 5.41) is 3.46. The molecule has 6 nitrogen and oxygen atoms in total. The molecule has 2 heterocycles. The van der Waals surface area contributed by atoms with Gasteiger partial charge in [-0.3, -0.25) is 15.0 Å². The number of anilines is 1. The number of hydrogen-bond donors (Lipinski definition) is 1. The van der Waals surface area contributed by atoms with Gasteiger partial charge in [0.2, 0.25) is 5.91 Å². The Labute approximate surface area is 184 Å². The predicted octanol–water partition coefficient (Wildman–Crippen LogP) is 4.95. The number of likely N-dealkylation sites (tertiary alicyclic amines) is 1. The van der Waals surface area contributed by atoms with E-state index in [1.54, 1.807) is 20.3 Å². The summed E-state index contributed by atoms with van der Waals surface area (Å²) in [6.07, 6.45) is 8.89. The standard InChI is InChI=1S/C21H26BrN3O3S/c1-14-6-4-5-9-25(14)13-16-12-23-21(29-16)24-19(26)8-7-15-10-17(22)20(28-3)18(11-15)27-2/h7-8,10-12,14H,4-6,9,13H2,1-3H3,(H,23,24,26)/b8-7+. The van der Waals surface area contributed by atoms with Crippen LogP contribution in [0.5, 0.6) is 11.5 Å². The van der Waals surface area contributed by atoms with Gasteiger partial charge in [0, 0.05) is 29.7 Å². The molecule has 1 saturated heterocycles. The van der Waals surface area contributed by atoms with Crippen molar-refractivity contribution in [1.82, 2.24) is 9.88 Å². The molecule has 1 amide bonds. The molecular weight excluding hydrogens is 454 g/mol. The summed E-state index contributed by atoms with van der Waals surface area (Å²) in [7, 11) is 3.16. The minimum absolute atomic E-state index is 0.219. The van der Waals surface area contributed by atoms with Crippen LogP contribution in [0.3, 0.4) is 0 Å². The monoisotopic (exact) mass is 479 g/mol. The zero-order chi connectivity index (χ0) is 20.8. The van der Waals surface area contributed by atoms with Crippen LogP contribution < -0.4 is 14.8 Å². The van der Waals surface area contributed by atoms with E-state index in [0.29, 0.717) is 22.7 Å². The second-order valence-corrected chi connectivity index (χ2v) is 8.98. The summed E-state index contributed by atoms with van der Waals surface area (Å²) in [5.41, 5.74) is 0.823. The maximum absolute atomic E-state index is 12.3. The lowest BCUT2D eigenvalue weighted by Gasteiger charge is -2.32. The Bertz CT molecular complexity index is 884. The number of ether oxygens (including phenoxy) is 2. The first kappa shape index (κ1) is 21.8. The lowest BCUT2D eigenvalue weighted by Crippen LogP contribution is -2.36. The molecule has 0 aliphatic carbocycles. The van der Waals surface area contributed by atoms with E-state index in [1.807, 2.05) is 18.3 Å². The first-order chi connectivity index (χ1) is 14.0. The molecular formula is C21H26BrN3O3S. The molecule has 1 aromatic carbocycles. The number of aromatic nitrogens is 1. The van der Waals surface area contributed by atoms with E-state index in [0.717, 1.165) is 23.1 Å². The predicted molar refractivity (Wildman–Crippen MR) is 121 cm³/mol. The van der Waals surface area contributed by atoms with Gasteiger partial charge < -0.3 is 9.47 Å². The second-order valence-electron chi connectivity index (χ2n) is 7.01. The fourth-order valence-corrected chi connectivity index (χ4v) is 4.85. The summed E-state index contributed by atoms with van der Waals surface area (Å²) in [6, 6.07) is 4.29. The van der Waals surface area contributed by atoms with Gasteiger partial charge in [-0.1, -0.05) is 6.42 Å². The van der Waals surface area contributed by atoms with Crippen LogP contribution in [-0.4, -0.2) is 42.6 Å². The van der Waals surface area contributed by atoms with Crippen LogP contribution in [0.2, 0.25) is 0 Å². The van der Waals surface area contributed by atoms with E-state index >= 15 is 0 Å². The van der Waals surface area contributed by atoms with Crippen LogP contribution >= 0.6 is 27.3 Å². The van der Waals surface area contributed by atoms with Crippen LogP contribution in [0.25, 0.3) is 6.08 Å². The zero-order valence-corrected chi connectivity index (χ0v) is 19.3. The van der Waals surface area contributed by atoms with Crippen molar-refractivity contribution in [2.75, 3.05) is 26.1 Å². The summed E-state index contributed by atoms with van der Waals surface area (Å²) in [4.78, 5) is 20.3. The molecule has 1 atom stereocenters. The number of halogens is 1. The minimum atomic E-state index is -0.219. The van der Waals surface area contributed by atoms with Crippen molar-refractivity contribution in [3.63, 3.8) is 0 Å². The first-order valence-corrected chi connectivity index (χ1v) is 11.2. The number of piperidine rings is 1. The van der Waals surface area contributed by atoms with Crippen molar-refractivity contribution in [3.05, 3.63) is 39.3 Å². The summed E-state index contributed by atoms with van der Waals surface area (Å²) < 4.78 is 11.4. The summed E-state index contributed by atoms with van der Waals surface area (Å²) >= 11 is 4.98. The van der Waals surface area contributed by atoms with Crippen LogP contribution in [0, 0.1) is 0 Å². The molecule has 29 heavy (non-hydrogen) atoms. The fraction of sp³-hybridized carbons (Fsp3) is 0.429. The third-order valence-corrected chi connectivity index (χ3v) is 6.45. The van der Waals surface area contributed by atoms with E-state index in [-0.39, 0.29) is 5.91 Å². The highest BCUT2D eigenvalue weighted by Crippen LogP contribution is 2.36. The lowest BCUT2D eigenvalue weighted by atomic mass is 10.0. The number of nitrogens with zero attached hydrogens (tertiary/aromatic N) is 2. The molecule has 1 fully saturated rings. The van der Waals surface area contributed by atoms with Gasteiger partial charge in [0.25, 0.3) is 0 Å². The number of carbonyl (C=O) groups is 1. The molecule has 1 aromatic heterocycles. The van der Waals surface area contributed by atoms with Crippen molar-refractivity contribution >= 4 is 44.4 Å². The maximum Gasteiger partial charge on any atom is 0.250 e. The van der Waals surface area contributed by atoms with E-state index in [2.05, 4.69) is 38.1 Å². The number of methoxy groups -OCH3 is 2. The van der Waals surface area contributed by atoms with Crippen LogP contribution in [0.4, 0.5) is 5.13 Å². The highest BCUT2D eigenvalue weighted by atomic mass is 79.9. The van der Waals surface area contributed by atoms with Crippen LogP contribution in [0.15, 0.2) is 28.9 Å². The molecule has 0 saturated carbocycles. The zero-order valence-electron chi connectivity index (χ0n) is 16.9. The molecule has 0 spiro atoms. The Kier molecular flexibility index (Phi) is 7.69. The van der Waals surface area contributed by atoms with E-state index in [9.17, 15) is 4.79 Å². The van der Waals surface area contributed by atoms with E-state index in [4.69, 9.17) is 9.47 Å². The molecule has 1 unspecified atom stereocenters. The van der Waals surface area contributed by atoms with Gasteiger partial charge in [0.1, 0.15) is 0 Å². The Hall–Kier alpha value is -1.90. The number of thiazole rings is 1. The number of carbonyl (C=O) groups excluding carboxylic acids is 1. The van der Waals surface area contributed by atoms with Crippen molar-refractivity contribution in [2.45, 2.75) is 38.8 Å². The van der Waals surface area contributed by atoms with Crippen molar-refractivity contribution in [3.8, 4) is 11.5 Å². The molecule has 8 heteroatoms. The largest absolute Gasteiger partial charge is 0.493 e. The van der Waals surface area contributed by atoms with Crippen molar-refractivity contribution in [2.24, 2.45) is 0 Å². The van der Waals surface area contributed by atoms with Gasteiger partial charge >= 0.3 is 0 Å². The normalized spacial score (nSPS) is 17.4. The SMILES string of the molecule is COc1cc(/C=C/C(=O)Nc2ncc(CN3CCCCC3C)s2)cc(Br)c1OC. The average molecular weight is 480 g/mol. The maximum atomic E-state index is 12.3. The Morgan fingerprint density at radius 1 is 1.38 bits per heavy atom. The third-order valence-electron chi connectivity index (χ3n) is 4.97. The van der Waals surface area contributed by atoms with Crippen LogP contribution in [0.1, 0.15) is 36.6 Å².